The molecule has 100 valence electrons. The highest BCUT2D eigenvalue weighted by Gasteiger charge is 2.24. The second-order valence-electron chi connectivity index (χ2n) is 4.62. The Bertz CT molecular complexity index is 560. The van der Waals surface area contributed by atoms with E-state index >= 15 is 0 Å². The van der Waals surface area contributed by atoms with E-state index in [-0.39, 0.29) is 6.04 Å². The molecule has 0 spiro atoms. The van der Waals surface area contributed by atoms with Gasteiger partial charge in [-0.3, -0.25) is 4.98 Å². The van der Waals surface area contributed by atoms with Crippen LogP contribution >= 0.6 is 11.3 Å². The first-order valence-electron chi connectivity index (χ1n) is 6.47. The molecule has 4 nitrogen and oxygen atoms in total. The maximum absolute atomic E-state index is 5.32. The zero-order valence-electron chi connectivity index (χ0n) is 11.1. The lowest BCUT2D eigenvalue weighted by Crippen LogP contribution is -2.19. The summed E-state index contributed by atoms with van der Waals surface area (Å²) in [7, 11) is 3.58. The fraction of sp³-hybridized carbons (Fsp3) is 0.429. The molecule has 1 unspecified atom stereocenters. The molecule has 0 saturated carbocycles. The van der Waals surface area contributed by atoms with Crippen LogP contribution in [-0.4, -0.2) is 24.1 Å². The third-order valence-electron chi connectivity index (χ3n) is 3.50. The van der Waals surface area contributed by atoms with Crippen molar-refractivity contribution in [3.63, 3.8) is 0 Å². The second-order valence-corrected chi connectivity index (χ2v) is 5.79. The highest BCUT2D eigenvalue weighted by Crippen LogP contribution is 2.36. The van der Waals surface area contributed by atoms with E-state index < -0.39 is 0 Å². The number of aryl methyl sites for hydroxylation is 2. The van der Waals surface area contributed by atoms with Crippen LogP contribution in [-0.2, 0) is 12.8 Å². The molecule has 2 heterocycles. The number of nitrogens with one attached hydrogen (secondary N) is 1. The Morgan fingerprint density at radius 3 is 2.89 bits per heavy atom. The van der Waals surface area contributed by atoms with Crippen molar-refractivity contribution < 1.29 is 4.74 Å². The first kappa shape index (κ1) is 12.6. The third-order valence-corrected chi connectivity index (χ3v) is 4.80. The Hall–Kier alpha value is -1.46. The van der Waals surface area contributed by atoms with Gasteiger partial charge in [-0.05, 0) is 37.9 Å². The van der Waals surface area contributed by atoms with Crippen molar-refractivity contribution in [2.24, 2.45) is 0 Å². The van der Waals surface area contributed by atoms with Crippen LogP contribution in [0.25, 0.3) is 0 Å². The van der Waals surface area contributed by atoms with Gasteiger partial charge in [0.15, 0.2) is 0 Å². The molecule has 5 heteroatoms. The predicted molar refractivity (Wildman–Crippen MR) is 75.8 cm³/mol. The summed E-state index contributed by atoms with van der Waals surface area (Å²) in [5.41, 5.74) is 2.36. The Labute approximate surface area is 116 Å². The van der Waals surface area contributed by atoms with Crippen molar-refractivity contribution in [1.82, 2.24) is 15.3 Å². The van der Waals surface area contributed by atoms with Crippen LogP contribution in [0.3, 0.4) is 0 Å². The first-order chi connectivity index (χ1) is 9.33. The van der Waals surface area contributed by atoms with Gasteiger partial charge in [-0.15, -0.1) is 11.3 Å². The van der Waals surface area contributed by atoms with Gasteiger partial charge in [0.1, 0.15) is 5.69 Å². The van der Waals surface area contributed by atoms with E-state index in [4.69, 9.17) is 4.74 Å². The van der Waals surface area contributed by atoms with Crippen LogP contribution in [0.2, 0.25) is 0 Å². The standard InChI is InChI=1S/C14H17N3OS/c1-15-12(13-14(18-2)17-7-6-16-13)11-8-9-4-3-5-10(9)19-11/h6-8,12,15H,3-5H2,1-2H3. The summed E-state index contributed by atoms with van der Waals surface area (Å²) in [5.74, 6) is 0.593. The summed E-state index contributed by atoms with van der Waals surface area (Å²) in [6.45, 7) is 0. The summed E-state index contributed by atoms with van der Waals surface area (Å²) in [5, 5.41) is 3.33. The number of ether oxygens (including phenoxy) is 1. The Kier molecular flexibility index (Phi) is 3.48. The molecule has 0 amide bonds. The van der Waals surface area contributed by atoms with Crippen molar-refractivity contribution in [3.05, 3.63) is 39.5 Å². The van der Waals surface area contributed by atoms with Gasteiger partial charge in [0, 0.05) is 22.1 Å². The van der Waals surface area contributed by atoms with Gasteiger partial charge in [0.25, 0.3) is 0 Å². The SMILES string of the molecule is CNC(c1cc2c(s1)CCC2)c1nccnc1OC. The van der Waals surface area contributed by atoms with Crippen LogP contribution in [0, 0.1) is 0 Å². The molecule has 1 aliphatic carbocycles. The quantitative estimate of drug-likeness (QED) is 0.930. The molecule has 1 N–H and O–H groups in total. The van der Waals surface area contributed by atoms with Gasteiger partial charge in [-0.25, -0.2) is 4.98 Å². The van der Waals surface area contributed by atoms with E-state index in [0.717, 1.165) is 5.69 Å². The number of aromatic nitrogens is 2. The van der Waals surface area contributed by atoms with Gasteiger partial charge in [0.2, 0.25) is 5.88 Å². The van der Waals surface area contributed by atoms with Gasteiger partial charge >= 0.3 is 0 Å². The van der Waals surface area contributed by atoms with Crippen molar-refractivity contribution in [3.8, 4) is 5.88 Å². The summed E-state index contributed by atoms with van der Waals surface area (Å²) < 4.78 is 5.32. The van der Waals surface area contributed by atoms with Crippen LogP contribution in [0.15, 0.2) is 18.5 Å². The largest absolute Gasteiger partial charge is 0.480 e. The van der Waals surface area contributed by atoms with Crippen molar-refractivity contribution >= 4 is 11.3 Å². The van der Waals surface area contributed by atoms with E-state index in [0.29, 0.717) is 5.88 Å². The van der Waals surface area contributed by atoms with E-state index in [1.807, 2.05) is 18.4 Å². The van der Waals surface area contributed by atoms with E-state index in [9.17, 15) is 0 Å². The van der Waals surface area contributed by atoms with Crippen molar-refractivity contribution in [2.75, 3.05) is 14.2 Å². The maximum atomic E-state index is 5.32. The molecule has 2 aromatic rings. The monoisotopic (exact) mass is 275 g/mol. The maximum Gasteiger partial charge on any atom is 0.237 e. The molecule has 2 aromatic heterocycles. The smallest absolute Gasteiger partial charge is 0.237 e. The summed E-state index contributed by atoms with van der Waals surface area (Å²) in [4.78, 5) is 11.5. The number of nitrogens with zero attached hydrogens (tertiary/aromatic N) is 2. The zero-order valence-corrected chi connectivity index (χ0v) is 12.0. The Morgan fingerprint density at radius 1 is 1.32 bits per heavy atom. The van der Waals surface area contributed by atoms with Gasteiger partial charge in [-0.2, -0.15) is 0 Å². The molecule has 19 heavy (non-hydrogen) atoms. The van der Waals surface area contributed by atoms with Crippen LogP contribution < -0.4 is 10.1 Å². The number of methoxy groups -OCH3 is 1. The fourth-order valence-electron chi connectivity index (χ4n) is 2.60. The lowest BCUT2D eigenvalue weighted by Gasteiger charge is -2.15. The van der Waals surface area contributed by atoms with Gasteiger partial charge in [-0.1, -0.05) is 0 Å². The minimum atomic E-state index is 0.0549. The highest BCUT2D eigenvalue weighted by atomic mass is 32.1. The molecule has 0 fully saturated rings. The molecule has 0 aromatic carbocycles. The zero-order chi connectivity index (χ0) is 13.2. The number of hydrogen-bond donors (Lipinski definition) is 1. The molecule has 0 bridgehead atoms. The van der Waals surface area contributed by atoms with E-state index in [2.05, 4.69) is 21.4 Å². The normalized spacial score (nSPS) is 15.3. The lowest BCUT2D eigenvalue weighted by atomic mass is 10.1. The van der Waals surface area contributed by atoms with Gasteiger partial charge in [0.05, 0.1) is 13.2 Å². The molecule has 0 aliphatic heterocycles. The number of thiophene rings is 1. The van der Waals surface area contributed by atoms with Crippen LogP contribution in [0.4, 0.5) is 0 Å². The molecule has 0 saturated heterocycles. The summed E-state index contributed by atoms with van der Waals surface area (Å²) in [6.07, 6.45) is 7.08. The summed E-state index contributed by atoms with van der Waals surface area (Å²) in [6, 6.07) is 2.36. The molecule has 1 aliphatic rings. The Balaban J connectivity index is 1.99. The van der Waals surface area contributed by atoms with E-state index in [1.54, 1.807) is 19.5 Å². The first-order valence-corrected chi connectivity index (χ1v) is 7.28. The van der Waals surface area contributed by atoms with Crippen LogP contribution in [0.1, 0.15) is 33.5 Å². The van der Waals surface area contributed by atoms with E-state index in [1.165, 1.54) is 34.6 Å². The lowest BCUT2D eigenvalue weighted by molar-refractivity contribution is 0.384. The number of hydrogen-bond acceptors (Lipinski definition) is 5. The average molecular weight is 275 g/mol. The number of fused-ring (bicyclic) bond motifs is 1. The molecule has 1 atom stereocenters. The average Bonchev–Trinajstić information content (AvgIpc) is 3.01. The fourth-order valence-corrected chi connectivity index (χ4v) is 3.97. The van der Waals surface area contributed by atoms with Crippen LogP contribution in [0.5, 0.6) is 5.88 Å². The minimum Gasteiger partial charge on any atom is -0.480 e. The molecule has 0 radical (unpaired) electrons. The third kappa shape index (κ3) is 2.24. The predicted octanol–water partition coefficient (Wildman–Crippen LogP) is 2.34. The topological polar surface area (TPSA) is 47.0 Å². The van der Waals surface area contributed by atoms with Gasteiger partial charge < -0.3 is 10.1 Å². The Morgan fingerprint density at radius 2 is 2.16 bits per heavy atom. The molecular weight excluding hydrogens is 258 g/mol. The highest BCUT2D eigenvalue weighted by molar-refractivity contribution is 7.12. The molecular formula is C14H17N3OS. The van der Waals surface area contributed by atoms with Crippen molar-refractivity contribution in [1.29, 1.82) is 0 Å². The number of rotatable bonds is 4. The van der Waals surface area contributed by atoms with Crippen molar-refractivity contribution in [2.45, 2.75) is 25.3 Å². The summed E-state index contributed by atoms with van der Waals surface area (Å²) >= 11 is 1.88. The minimum absolute atomic E-state index is 0.0549. The molecule has 3 rings (SSSR count). The second kappa shape index (κ2) is 5.27.